The second-order valence-electron chi connectivity index (χ2n) is 8.58. The number of amides is 4. The standard InChI is InChI=1S/C28H30N4O5/c29-27(36)23(15-19-7-3-1-4-8-19)32-28(37)24(16-21-11-13-22(33)14-12-21)31-26(35)18-30-25(34)17-20-9-5-2-6-10-20/h1-14,23-24,33H,15-18H2,(H2,29,36)(H,30,34)(H,31,35)(H,32,37). The molecule has 0 fully saturated rings. The Balaban J connectivity index is 1.65. The molecule has 0 aromatic heterocycles. The first kappa shape index (κ1) is 26.9. The number of nitrogens with two attached hydrogens (primary N) is 1. The smallest absolute Gasteiger partial charge is 0.243 e. The molecule has 6 N–H and O–H groups in total. The van der Waals surface area contributed by atoms with Crippen LogP contribution in [0, 0.1) is 0 Å². The summed E-state index contributed by atoms with van der Waals surface area (Å²) in [5.74, 6) is -2.15. The minimum atomic E-state index is -1.05. The van der Waals surface area contributed by atoms with E-state index in [1.165, 1.54) is 12.1 Å². The van der Waals surface area contributed by atoms with Gasteiger partial charge in [-0.3, -0.25) is 19.2 Å². The molecular formula is C28H30N4O5. The molecule has 3 aromatic rings. The van der Waals surface area contributed by atoms with Crippen LogP contribution in [0.1, 0.15) is 16.7 Å². The van der Waals surface area contributed by atoms with Crippen LogP contribution in [0.4, 0.5) is 0 Å². The number of carbonyl (C=O) groups is 4. The van der Waals surface area contributed by atoms with Crippen LogP contribution in [0.3, 0.4) is 0 Å². The third kappa shape index (κ3) is 9.14. The minimum absolute atomic E-state index is 0.0616. The SMILES string of the molecule is NC(=O)C(Cc1ccccc1)NC(=O)C(Cc1ccc(O)cc1)NC(=O)CNC(=O)Cc1ccccc1. The van der Waals surface area contributed by atoms with Crippen LogP contribution in [-0.2, 0) is 38.4 Å². The van der Waals surface area contributed by atoms with Crippen molar-refractivity contribution in [2.75, 3.05) is 6.54 Å². The average molecular weight is 503 g/mol. The topological polar surface area (TPSA) is 151 Å². The van der Waals surface area contributed by atoms with Crippen LogP contribution in [0.25, 0.3) is 0 Å². The molecule has 2 unspecified atom stereocenters. The van der Waals surface area contributed by atoms with Crippen LogP contribution in [-0.4, -0.2) is 47.4 Å². The van der Waals surface area contributed by atoms with Gasteiger partial charge in [0.2, 0.25) is 23.6 Å². The molecular weight excluding hydrogens is 472 g/mol. The Bertz CT molecular complexity index is 1200. The zero-order valence-corrected chi connectivity index (χ0v) is 20.2. The van der Waals surface area contributed by atoms with E-state index in [4.69, 9.17) is 5.73 Å². The number of phenolic OH excluding ortho intramolecular Hbond substituents is 1. The summed E-state index contributed by atoms with van der Waals surface area (Å²) in [6.07, 6.45) is 0.398. The number of nitrogens with one attached hydrogen (secondary N) is 3. The molecule has 9 heteroatoms. The monoisotopic (exact) mass is 502 g/mol. The van der Waals surface area contributed by atoms with Crippen molar-refractivity contribution in [3.63, 3.8) is 0 Å². The second-order valence-corrected chi connectivity index (χ2v) is 8.58. The summed E-state index contributed by atoms with van der Waals surface area (Å²) < 4.78 is 0. The predicted octanol–water partition coefficient (Wildman–Crippen LogP) is 0.991. The Morgan fingerprint density at radius 1 is 0.676 bits per heavy atom. The molecule has 192 valence electrons. The average Bonchev–Trinajstić information content (AvgIpc) is 2.89. The summed E-state index contributed by atoms with van der Waals surface area (Å²) in [6.45, 7) is -0.325. The van der Waals surface area contributed by atoms with Crippen LogP contribution in [0.2, 0.25) is 0 Å². The van der Waals surface area contributed by atoms with Gasteiger partial charge in [0.1, 0.15) is 17.8 Å². The fraction of sp³-hybridized carbons (Fsp3) is 0.214. The zero-order chi connectivity index (χ0) is 26.6. The van der Waals surface area contributed by atoms with Gasteiger partial charge in [-0.1, -0.05) is 72.8 Å². The first-order chi connectivity index (χ1) is 17.8. The normalized spacial score (nSPS) is 12.1. The van der Waals surface area contributed by atoms with Crippen molar-refractivity contribution in [3.05, 3.63) is 102 Å². The number of rotatable bonds is 12. The van der Waals surface area contributed by atoms with E-state index in [0.717, 1.165) is 11.1 Å². The number of carbonyl (C=O) groups excluding carboxylic acids is 4. The van der Waals surface area contributed by atoms with Crippen molar-refractivity contribution < 1.29 is 24.3 Å². The van der Waals surface area contributed by atoms with Gasteiger partial charge in [-0.25, -0.2) is 0 Å². The number of hydrogen-bond donors (Lipinski definition) is 5. The largest absolute Gasteiger partial charge is 0.508 e. The summed E-state index contributed by atoms with van der Waals surface area (Å²) >= 11 is 0. The molecule has 0 saturated heterocycles. The van der Waals surface area contributed by atoms with Gasteiger partial charge in [0, 0.05) is 12.8 Å². The van der Waals surface area contributed by atoms with Crippen molar-refractivity contribution >= 4 is 23.6 Å². The van der Waals surface area contributed by atoms with Crippen molar-refractivity contribution in [1.29, 1.82) is 0 Å². The Morgan fingerprint density at radius 3 is 1.81 bits per heavy atom. The van der Waals surface area contributed by atoms with E-state index in [1.807, 2.05) is 60.7 Å². The van der Waals surface area contributed by atoms with Gasteiger partial charge in [-0.05, 0) is 28.8 Å². The highest BCUT2D eigenvalue weighted by Gasteiger charge is 2.26. The van der Waals surface area contributed by atoms with E-state index >= 15 is 0 Å². The third-order valence-electron chi connectivity index (χ3n) is 5.62. The number of phenols is 1. The maximum atomic E-state index is 13.2. The third-order valence-corrected chi connectivity index (χ3v) is 5.62. The lowest BCUT2D eigenvalue weighted by Gasteiger charge is -2.22. The molecule has 0 spiro atoms. The van der Waals surface area contributed by atoms with E-state index in [-0.39, 0.29) is 37.5 Å². The lowest BCUT2D eigenvalue weighted by molar-refractivity contribution is -0.131. The molecule has 0 saturated carbocycles. The Kier molecular flexibility index (Phi) is 9.78. The zero-order valence-electron chi connectivity index (χ0n) is 20.2. The number of hydrogen-bond acceptors (Lipinski definition) is 5. The van der Waals surface area contributed by atoms with Gasteiger partial charge in [0.05, 0.1) is 13.0 Å². The Labute approximate surface area is 215 Å². The van der Waals surface area contributed by atoms with Crippen molar-refractivity contribution in [3.8, 4) is 5.75 Å². The van der Waals surface area contributed by atoms with Crippen molar-refractivity contribution in [2.24, 2.45) is 5.73 Å². The first-order valence-electron chi connectivity index (χ1n) is 11.8. The van der Waals surface area contributed by atoms with Crippen molar-refractivity contribution in [2.45, 2.75) is 31.3 Å². The van der Waals surface area contributed by atoms with Gasteiger partial charge >= 0.3 is 0 Å². The summed E-state index contributed by atoms with van der Waals surface area (Å²) in [6, 6.07) is 22.3. The molecule has 0 radical (unpaired) electrons. The van der Waals surface area contributed by atoms with E-state index in [2.05, 4.69) is 16.0 Å². The fourth-order valence-corrected chi connectivity index (χ4v) is 3.69. The highest BCUT2D eigenvalue weighted by atomic mass is 16.3. The summed E-state index contributed by atoms with van der Waals surface area (Å²) in [5.41, 5.74) is 7.82. The number of primary amides is 1. The first-order valence-corrected chi connectivity index (χ1v) is 11.8. The quantitative estimate of drug-likeness (QED) is 0.250. The van der Waals surface area contributed by atoms with Gasteiger partial charge in [0.25, 0.3) is 0 Å². The van der Waals surface area contributed by atoms with Crippen LogP contribution < -0.4 is 21.7 Å². The minimum Gasteiger partial charge on any atom is -0.508 e. The second kappa shape index (κ2) is 13.4. The summed E-state index contributed by atoms with van der Waals surface area (Å²) in [4.78, 5) is 50.1. The van der Waals surface area contributed by atoms with Gasteiger partial charge < -0.3 is 26.8 Å². The molecule has 3 aromatic carbocycles. The molecule has 37 heavy (non-hydrogen) atoms. The molecule has 3 rings (SSSR count). The molecule has 9 nitrogen and oxygen atoms in total. The number of aromatic hydroxyl groups is 1. The number of benzene rings is 3. The maximum Gasteiger partial charge on any atom is 0.243 e. The molecule has 0 aliphatic rings. The maximum absolute atomic E-state index is 13.2. The molecule has 0 heterocycles. The lowest BCUT2D eigenvalue weighted by Crippen LogP contribution is -2.55. The van der Waals surface area contributed by atoms with Gasteiger partial charge in [-0.2, -0.15) is 0 Å². The molecule has 2 atom stereocenters. The summed E-state index contributed by atoms with van der Waals surface area (Å²) in [5, 5.41) is 17.4. The Morgan fingerprint density at radius 2 is 1.22 bits per heavy atom. The predicted molar refractivity (Wildman–Crippen MR) is 138 cm³/mol. The van der Waals surface area contributed by atoms with E-state index < -0.39 is 29.8 Å². The molecule has 0 bridgehead atoms. The van der Waals surface area contributed by atoms with Crippen LogP contribution >= 0.6 is 0 Å². The van der Waals surface area contributed by atoms with Gasteiger partial charge in [-0.15, -0.1) is 0 Å². The summed E-state index contributed by atoms with van der Waals surface area (Å²) in [7, 11) is 0. The lowest BCUT2D eigenvalue weighted by atomic mass is 10.0. The van der Waals surface area contributed by atoms with Crippen LogP contribution in [0.15, 0.2) is 84.9 Å². The fourth-order valence-electron chi connectivity index (χ4n) is 3.69. The highest BCUT2D eigenvalue weighted by Crippen LogP contribution is 2.12. The van der Waals surface area contributed by atoms with E-state index in [9.17, 15) is 24.3 Å². The molecule has 0 aliphatic heterocycles. The highest BCUT2D eigenvalue weighted by molar-refractivity contribution is 5.93. The molecule has 0 aliphatic carbocycles. The van der Waals surface area contributed by atoms with Gasteiger partial charge in [0.15, 0.2) is 0 Å². The van der Waals surface area contributed by atoms with Crippen molar-refractivity contribution in [1.82, 2.24) is 16.0 Å². The Hall–Kier alpha value is -4.66. The van der Waals surface area contributed by atoms with E-state index in [0.29, 0.717) is 5.56 Å². The molecule has 4 amide bonds. The van der Waals surface area contributed by atoms with Crippen LogP contribution in [0.5, 0.6) is 5.75 Å². The van der Waals surface area contributed by atoms with E-state index in [1.54, 1.807) is 12.1 Å².